The van der Waals surface area contributed by atoms with Gasteiger partial charge in [0.05, 0.1) is 7.92 Å². The molecule has 3 aromatic carbocycles. The molecule has 0 radical (unpaired) electrons. The molecule has 0 aliphatic heterocycles. The van der Waals surface area contributed by atoms with Gasteiger partial charge in [0.15, 0.2) is 0 Å². The van der Waals surface area contributed by atoms with Crippen LogP contribution in [0.4, 0.5) is 0 Å². The van der Waals surface area contributed by atoms with Crippen molar-refractivity contribution in [1.82, 2.24) is 0 Å². The van der Waals surface area contributed by atoms with Crippen LogP contribution >= 0.6 is 27.3 Å². The van der Waals surface area contributed by atoms with Crippen LogP contribution in [0.1, 0.15) is 0 Å². The summed E-state index contributed by atoms with van der Waals surface area (Å²) in [5.74, 6) is 0. The first kappa shape index (κ1) is 23.3. The van der Waals surface area contributed by atoms with E-state index in [2.05, 4.69) is 91.0 Å². The van der Waals surface area contributed by atoms with Gasteiger partial charge < -0.3 is 14.9 Å². The molecule has 0 unspecified atom stereocenters. The Balaban J connectivity index is 0.000000988. The van der Waals surface area contributed by atoms with Crippen molar-refractivity contribution in [3.05, 3.63) is 106 Å². The Bertz CT molecular complexity index is 554. The van der Waals surface area contributed by atoms with Crippen LogP contribution in [0.2, 0.25) is 0 Å². The average molecular weight is 465 g/mol. The van der Waals surface area contributed by atoms with Crippen LogP contribution in [0.5, 0.6) is 0 Å². The van der Waals surface area contributed by atoms with E-state index in [4.69, 9.17) is 19.4 Å². The maximum Gasteiger partial charge on any atom is 0.102 e. The van der Waals surface area contributed by atoms with Crippen LogP contribution in [0, 0.1) is 14.9 Å². The van der Waals surface area contributed by atoms with E-state index in [0.717, 1.165) is 0 Å². The van der Waals surface area contributed by atoms with Crippen molar-refractivity contribution in [3.8, 4) is 0 Å². The molecular formula is C20H22Cl2PRu+. The molecule has 24 heavy (non-hydrogen) atoms. The maximum absolute atomic E-state index is 4.85. The Kier molecular flexibility index (Phi) is 13.2. The molecule has 0 aliphatic carbocycles. The summed E-state index contributed by atoms with van der Waals surface area (Å²) < 4.78 is 0. The third-order valence-corrected chi connectivity index (χ3v) is 5.92. The van der Waals surface area contributed by atoms with E-state index in [-0.39, 0.29) is 30.0 Å². The number of benzene rings is 3. The number of halogens is 2. The molecule has 0 fully saturated rings. The number of hydrogen-bond acceptors (Lipinski definition) is 0. The van der Waals surface area contributed by atoms with Crippen molar-refractivity contribution in [2.24, 2.45) is 0 Å². The first-order valence-corrected chi connectivity index (χ1v) is 12.7. The molecule has 0 nitrogen and oxygen atoms in total. The van der Waals surface area contributed by atoms with E-state index in [1.54, 1.807) is 0 Å². The van der Waals surface area contributed by atoms with Crippen LogP contribution in [0.15, 0.2) is 91.0 Å². The second kappa shape index (κ2) is 13.6. The van der Waals surface area contributed by atoms with Gasteiger partial charge in [-0.25, -0.2) is 0 Å². The summed E-state index contributed by atoms with van der Waals surface area (Å²) in [6.45, 7) is 0. The molecular weight excluding hydrogens is 443 g/mol. The minimum Gasteiger partial charge on any atom is -0.0620 e. The Labute approximate surface area is 163 Å². The number of hydrogen-bond donors (Lipinski definition) is 0. The second-order valence-electron chi connectivity index (χ2n) is 4.52. The first-order chi connectivity index (χ1) is 10.9. The van der Waals surface area contributed by atoms with E-state index < -0.39 is 7.92 Å². The van der Waals surface area contributed by atoms with E-state index in [0.29, 0.717) is 0 Å². The Morgan fingerprint density at radius 3 is 0.917 bits per heavy atom. The van der Waals surface area contributed by atoms with Gasteiger partial charge in [0.2, 0.25) is 0 Å². The minimum atomic E-state index is -0.877. The molecule has 0 saturated heterocycles. The third-order valence-electron chi connectivity index (χ3n) is 3.19. The topological polar surface area (TPSA) is 0 Å². The molecule has 0 saturated carbocycles. The normalized spacial score (nSPS) is 9.12. The fraction of sp³-hybridized carbons (Fsp3) is 0. The van der Waals surface area contributed by atoms with Crippen molar-refractivity contribution in [1.29, 1.82) is 0 Å². The molecule has 0 atom stereocenters. The van der Waals surface area contributed by atoms with Gasteiger partial charge in [0.1, 0.15) is 15.9 Å². The van der Waals surface area contributed by atoms with E-state index in [9.17, 15) is 0 Å². The largest absolute Gasteiger partial charge is 0.102 e. The molecule has 0 aliphatic rings. The van der Waals surface area contributed by atoms with Crippen molar-refractivity contribution in [2.75, 3.05) is 0 Å². The Morgan fingerprint density at radius 1 is 0.500 bits per heavy atom. The van der Waals surface area contributed by atoms with Crippen LogP contribution < -0.4 is 15.9 Å². The average Bonchev–Trinajstić information content (AvgIpc) is 2.59. The van der Waals surface area contributed by atoms with Gasteiger partial charge in [-0.3, -0.25) is 0 Å². The first-order valence-electron chi connectivity index (χ1n) is 6.75. The van der Waals surface area contributed by atoms with Crippen molar-refractivity contribution >= 4 is 43.2 Å². The van der Waals surface area contributed by atoms with Gasteiger partial charge in [-0.1, -0.05) is 54.6 Å². The van der Waals surface area contributed by atoms with Crippen molar-refractivity contribution < 1.29 is 15.1 Å². The molecule has 3 rings (SSSR count). The Hall–Kier alpha value is -0.707. The number of rotatable bonds is 3. The second-order valence-corrected chi connectivity index (χ2v) is 9.64. The van der Waals surface area contributed by atoms with E-state index in [1.807, 2.05) is 0 Å². The van der Waals surface area contributed by atoms with Crippen LogP contribution in [0.3, 0.4) is 0 Å². The minimum absolute atomic E-state index is 0. The summed E-state index contributed by atoms with van der Waals surface area (Å²) in [7, 11) is 8.83. The third kappa shape index (κ3) is 7.04. The summed E-state index contributed by atoms with van der Waals surface area (Å²) >= 11 is -0.346. The molecule has 0 aromatic heterocycles. The SMILES string of the molecule is [CH3-].[CH3-].[Cl][Ru+2][Cl].c1ccc([PH+](c2ccccc2)c2ccccc2)cc1. The molecule has 0 heterocycles. The fourth-order valence-electron chi connectivity index (χ4n) is 2.31. The molecule has 0 spiro atoms. The zero-order chi connectivity index (χ0) is 15.6. The Morgan fingerprint density at radius 2 is 0.708 bits per heavy atom. The van der Waals surface area contributed by atoms with Crippen molar-refractivity contribution in [2.45, 2.75) is 0 Å². The fourth-order valence-corrected chi connectivity index (χ4v) is 4.89. The monoisotopic (exact) mass is 465 g/mol. The smallest absolute Gasteiger partial charge is 0.0620 e. The van der Waals surface area contributed by atoms with Gasteiger partial charge in [0.25, 0.3) is 0 Å². The quantitative estimate of drug-likeness (QED) is 0.274. The van der Waals surface area contributed by atoms with E-state index >= 15 is 0 Å². The summed E-state index contributed by atoms with van der Waals surface area (Å²) in [5.41, 5.74) is 0. The zero-order valence-corrected chi connectivity index (χ0v) is 18.0. The summed E-state index contributed by atoms with van der Waals surface area (Å²) in [5, 5.41) is 4.31. The molecule has 0 bridgehead atoms. The molecule has 4 heteroatoms. The standard InChI is InChI=1S/C18H15P.2CH3.2ClH.Ru/c1-4-10-16(11-5-1)19(17-12-6-2-7-13-17)18-14-8-3-9-15-18;;;;;/h1-15H;2*1H3;2*1H;/q;2*-1;;;+4/p-1. The van der Waals surface area contributed by atoms with Crippen LogP contribution in [-0.2, 0) is 15.1 Å². The predicted octanol–water partition coefficient (Wildman–Crippen LogP) is 5.45. The molecule has 3 aromatic rings. The predicted molar refractivity (Wildman–Crippen MR) is 111 cm³/mol. The summed E-state index contributed by atoms with van der Waals surface area (Å²) in [4.78, 5) is 0. The van der Waals surface area contributed by atoms with Gasteiger partial charge in [-0.15, -0.1) is 0 Å². The summed E-state index contributed by atoms with van der Waals surface area (Å²) in [6, 6.07) is 32.5. The van der Waals surface area contributed by atoms with Crippen molar-refractivity contribution in [3.63, 3.8) is 0 Å². The van der Waals surface area contributed by atoms with Gasteiger partial charge in [-0.2, -0.15) is 0 Å². The molecule has 128 valence electrons. The molecule has 0 N–H and O–H groups in total. The van der Waals surface area contributed by atoms with Gasteiger partial charge in [-0.05, 0) is 36.4 Å². The maximum atomic E-state index is 4.85. The van der Waals surface area contributed by atoms with Crippen LogP contribution in [0.25, 0.3) is 0 Å². The summed E-state index contributed by atoms with van der Waals surface area (Å²) in [6.07, 6.45) is 0. The van der Waals surface area contributed by atoms with E-state index in [1.165, 1.54) is 15.9 Å². The zero-order valence-electron chi connectivity index (χ0n) is 13.8. The van der Waals surface area contributed by atoms with Crippen LogP contribution in [-0.4, -0.2) is 0 Å². The molecule has 0 amide bonds. The van der Waals surface area contributed by atoms with Gasteiger partial charge >= 0.3 is 34.5 Å². The van der Waals surface area contributed by atoms with Gasteiger partial charge in [0, 0.05) is 0 Å².